The molecule has 5 nitrogen and oxygen atoms in total. The number of rotatable bonds is 6. The van der Waals surface area contributed by atoms with Crippen molar-refractivity contribution in [1.82, 2.24) is 4.98 Å². The molecule has 1 heterocycles. The van der Waals surface area contributed by atoms with Gasteiger partial charge in [-0.1, -0.05) is 23.7 Å². The van der Waals surface area contributed by atoms with Crippen molar-refractivity contribution < 1.29 is 19.1 Å². The summed E-state index contributed by atoms with van der Waals surface area (Å²) in [6.45, 7) is 6.17. The maximum absolute atomic E-state index is 12.7. The molecular weight excluding hydrogens is 366 g/mol. The molecule has 1 atom stereocenters. The van der Waals surface area contributed by atoms with Crippen molar-refractivity contribution in [2.75, 3.05) is 13.2 Å². The van der Waals surface area contributed by atoms with Gasteiger partial charge >= 0.3 is 5.97 Å². The predicted octanol–water partition coefficient (Wildman–Crippen LogP) is 4.47. The Morgan fingerprint density at radius 3 is 2.59 bits per heavy atom. The second kappa shape index (κ2) is 8.28. The predicted molar refractivity (Wildman–Crippen MR) is 104 cm³/mol. The van der Waals surface area contributed by atoms with Crippen LogP contribution in [-0.4, -0.2) is 36.1 Å². The molecule has 0 amide bonds. The average molecular weight is 390 g/mol. The van der Waals surface area contributed by atoms with Gasteiger partial charge in [-0.15, -0.1) is 0 Å². The summed E-state index contributed by atoms with van der Waals surface area (Å²) in [5.74, 6) is -0.333. The van der Waals surface area contributed by atoms with E-state index < -0.39 is 5.97 Å². The van der Waals surface area contributed by atoms with Gasteiger partial charge in [0.25, 0.3) is 0 Å². The fourth-order valence-electron chi connectivity index (χ4n) is 3.50. The first kappa shape index (κ1) is 19.6. The van der Waals surface area contributed by atoms with Crippen LogP contribution in [0.25, 0.3) is 0 Å². The fraction of sp³-hybridized carbons (Fsp3) is 0.429. The molecule has 1 aliphatic carbocycles. The van der Waals surface area contributed by atoms with E-state index in [2.05, 4.69) is 4.98 Å². The Morgan fingerprint density at radius 1 is 1.22 bits per heavy atom. The molecule has 0 saturated heterocycles. The summed E-state index contributed by atoms with van der Waals surface area (Å²) in [5, 5.41) is 0.670. The number of esters is 1. The molecule has 144 valence electrons. The number of halogens is 1. The highest BCUT2D eigenvalue weighted by molar-refractivity contribution is 6.30. The molecule has 2 aromatic rings. The van der Waals surface area contributed by atoms with Gasteiger partial charge < -0.3 is 14.5 Å². The first-order valence-corrected chi connectivity index (χ1v) is 9.53. The molecule has 6 heteroatoms. The van der Waals surface area contributed by atoms with Crippen LogP contribution in [0, 0.1) is 6.92 Å². The number of carbonyl (C=O) groups excluding carboxylic acids is 2. The lowest BCUT2D eigenvalue weighted by Gasteiger charge is -2.22. The number of aromatic nitrogens is 1. The van der Waals surface area contributed by atoms with Crippen molar-refractivity contribution >= 4 is 23.4 Å². The van der Waals surface area contributed by atoms with E-state index in [-0.39, 0.29) is 24.4 Å². The summed E-state index contributed by atoms with van der Waals surface area (Å²) in [6, 6.07) is 7.56. The molecular formula is C21H24ClNO4. The van der Waals surface area contributed by atoms with E-state index in [4.69, 9.17) is 21.1 Å². The molecule has 1 aliphatic rings. The summed E-state index contributed by atoms with van der Waals surface area (Å²) in [5.41, 5.74) is 3.52. The molecule has 3 rings (SSSR count). The molecule has 0 spiro atoms. The molecule has 0 saturated carbocycles. The number of Topliss-reactive ketones (excluding diaryl/α,β-unsaturated/α-hetero) is 1. The van der Waals surface area contributed by atoms with Crippen molar-refractivity contribution in [2.24, 2.45) is 0 Å². The monoisotopic (exact) mass is 389 g/mol. The van der Waals surface area contributed by atoms with Crippen molar-refractivity contribution in [3.05, 3.63) is 57.4 Å². The van der Waals surface area contributed by atoms with Gasteiger partial charge in [0.15, 0.2) is 5.78 Å². The van der Waals surface area contributed by atoms with Crippen LogP contribution in [0.4, 0.5) is 0 Å². The SMILES string of the molecule is Cc1c(C(=O)OCCOC(C)C)[nH]c2c1C(=O)CC(c1ccc(Cl)cc1)C2. The minimum Gasteiger partial charge on any atom is -0.459 e. The van der Waals surface area contributed by atoms with Crippen molar-refractivity contribution in [3.8, 4) is 0 Å². The first-order chi connectivity index (χ1) is 12.9. The normalized spacial score (nSPS) is 16.5. The number of benzene rings is 1. The number of carbonyl (C=O) groups is 2. The lowest BCUT2D eigenvalue weighted by molar-refractivity contribution is 0.0172. The quantitative estimate of drug-likeness (QED) is 0.584. The molecule has 1 aromatic heterocycles. The molecule has 0 fully saturated rings. The topological polar surface area (TPSA) is 68.4 Å². The van der Waals surface area contributed by atoms with Crippen molar-refractivity contribution in [3.63, 3.8) is 0 Å². The Morgan fingerprint density at radius 2 is 1.93 bits per heavy atom. The molecule has 0 aliphatic heterocycles. The summed E-state index contributed by atoms with van der Waals surface area (Å²) < 4.78 is 10.7. The number of nitrogens with one attached hydrogen (secondary N) is 1. The van der Waals surface area contributed by atoms with Gasteiger partial charge in [-0.05, 0) is 56.4 Å². The van der Waals surface area contributed by atoms with Crippen LogP contribution in [0.15, 0.2) is 24.3 Å². The summed E-state index contributed by atoms with van der Waals surface area (Å²) >= 11 is 5.96. The van der Waals surface area contributed by atoms with Crippen LogP contribution in [0.3, 0.4) is 0 Å². The van der Waals surface area contributed by atoms with E-state index >= 15 is 0 Å². The highest BCUT2D eigenvalue weighted by Gasteiger charge is 2.32. The third-order valence-electron chi connectivity index (χ3n) is 4.80. The number of fused-ring (bicyclic) bond motifs is 1. The van der Waals surface area contributed by atoms with Crippen LogP contribution in [-0.2, 0) is 15.9 Å². The Hall–Kier alpha value is -2.11. The third kappa shape index (κ3) is 4.42. The Labute approximate surface area is 164 Å². The largest absolute Gasteiger partial charge is 0.459 e. The van der Waals surface area contributed by atoms with Gasteiger partial charge in [-0.25, -0.2) is 4.79 Å². The van der Waals surface area contributed by atoms with E-state index in [0.29, 0.717) is 41.3 Å². The van der Waals surface area contributed by atoms with Crippen molar-refractivity contribution in [2.45, 2.75) is 45.6 Å². The molecule has 27 heavy (non-hydrogen) atoms. The molecule has 1 unspecified atom stereocenters. The Bertz CT molecular complexity index is 839. The lowest BCUT2D eigenvalue weighted by atomic mass is 9.81. The molecule has 1 N–H and O–H groups in total. The minimum absolute atomic E-state index is 0.0483. The zero-order valence-corrected chi connectivity index (χ0v) is 16.6. The second-order valence-electron chi connectivity index (χ2n) is 7.11. The second-order valence-corrected chi connectivity index (χ2v) is 7.55. The zero-order valence-electron chi connectivity index (χ0n) is 15.8. The van der Waals surface area contributed by atoms with E-state index in [0.717, 1.165) is 11.3 Å². The van der Waals surface area contributed by atoms with Gasteiger partial charge in [0.2, 0.25) is 0 Å². The maximum Gasteiger partial charge on any atom is 0.355 e. The van der Waals surface area contributed by atoms with Gasteiger partial charge in [0.1, 0.15) is 12.3 Å². The van der Waals surface area contributed by atoms with E-state index in [1.807, 2.05) is 38.1 Å². The number of ether oxygens (including phenoxy) is 2. The zero-order chi connectivity index (χ0) is 19.6. The first-order valence-electron chi connectivity index (χ1n) is 9.15. The maximum atomic E-state index is 12.7. The van der Waals surface area contributed by atoms with E-state index in [9.17, 15) is 9.59 Å². The van der Waals surface area contributed by atoms with Crippen LogP contribution in [0.5, 0.6) is 0 Å². The lowest BCUT2D eigenvalue weighted by Crippen LogP contribution is -2.18. The Balaban J connectivity index is 1.74. The highest BCUT2D eigenvalue weighted by atomic mass is 35.5. The van der Waals surface area contributed by atoms with Gasteiger partial charge in [-0.3, -0.25) is 4.79 Å². The Kier molecular flexibility index (Phi) is 6.02. The number of hydrogen-bond donors (Lipinski definition) is 1. The van der Waals surface area contributed by atoms with Gasteiger partial charge in [0, 0.05) is 22.7 Å². The third-order valence-corrected chi connectivity index (χ3v) is 5.05. The number of aromatic amines is 1. The van der Waals surface area contributed by atoms with Crippen LogP contribution < -0.4 is 0 Å². The van der Waals surface area contributed by atoms with Crippen molar-refractivity contribution in [1.29, 1.82) is 0 Å². The van der Waals surface area contributed by atoms with Crippen LogP contribution in [0.2, 0.25) is 5.02 Å². The number of H-pyrrole nitrogens is 1. The average Bonchev–Trinajstić information content (AvgIpc) is 2.96. The highest BCUT2D eigenvalue weighted by Crippen LogP contribution is 2.35. The van der Waals surface area contributed by atoms with Gasteiger partial charge in [0.05, 0.1) is 12.7 Å². The summed E-state index contributed by atoms with van der Waals surface area (Å²) in [4.78, 5) is 28.2. The van der Waals surface area contributed by atoms with E-state index in [1.54, 1.807) is 6.92 Å². The fourth-order valence-corrected chi connectivity index (χ4v) is 3.62. The van der Waals surface area contributed by atoms with Gasteiger partial charge in [-0.2, -0.15) is 0 Å². The molecule has 0 bridgehead atoms. The summed E-state index contributed by atoms with van der Waals surface area (Å²) in [6.07, 6.45) is 1.18. The summed E-state index contributed by atoms with van der Waals surface area (Å²) in [7, 11) is 0. The molecule has 0 radical (unpaired) electrons. The van der Waals surface area contributed by atoms with Crippen LogP contribution >= 0.6 is 11.6 Å². The number of hydrogen-bond acceptors (Lipinski definition) is 4. The number of ketones is 1. The molecule has 1 aromatic carbocycles. The standard InChI is InChI=1S/C21H24ClNO4/c1-12(2)26-8-9-27-21(25)20-13(3)19-17(23-20)10-15(11-18(19)24)14-4-6-16(22)7-5-14/h4-7,12,15,23H,8-11H2,1-3H3. The minimum atomic E-state index is -0.454. The smallest absolute Gasteiger partial charge is 0.355 e. The van der Waals surface area contributed by atoms with Crippen LogP contribution in [0.1, 0.15) is 63.9 Å². The van der Waals surface area contributed by atoms with E-state index in [1.165, 1.54) is 0 Å².